The van der Waals surface area contributed by atoms with E-state index in [1.807, 2.05) is 12.1 Å². The average molecular weight is 305 g/mol. The van der Waals surface area contributed by atoms with Crippen LogP contribution in [0.15, 0.2) is 24.3 Å². The quantitative estimate of drug-likeness (QED) is 0.500. The summed E-state index contributed by atoms with van der Waals surface area (Å²) >= 11 is 0. The summed E-state index contributed by atoms with van der Waals surface area (Å²) in [5.74, 6) is 0.252. The van der Waals surface area contributed by atoms with Gasteiger partial charge in [-0.05, 0) is 30.5 Å². The largest absolute Gasteiger partial charge is 0.401 e. The fraction of sp³-hybridized carbons (Fsp3) is 0.571. The zero-order valence-corrected chi connectivity index (χ0v) is 12.8. The van der Waals surface area contributed by atoms with Gasteiger partial charge in [0, 0.05) is 0 Å². The maximum Gasteiger partial charge on any atom is 0.401 e. The molecule has 0 aromatic heterocycles. The monoisotopic (exact) mass is 304 g/mol. The minimum absolute atomic E-state index is 0.252. The Morgan fingerprint density at radius 1 is 1.00 bits per heavy atom. The van der Waals surface area contributed by atoms with Gasteiger partial charge >= 0.3 is 9.33 Å². The van der Waals surface area contributed by atoms with Gasteiger partial charge in [-0.2, -0.15) is 8.42 Å². The molecule has 0 fully saturated rings. The van der Waals surface area contributed by atoms with Gasteiger partial charge in [0.2, 0.25) is 0 Å². The van der Waals surface area contributed by atoms with Crippen molar-refractivity contribution in [1.82, 2.24) is 0 Å². The molecule has 1 rings (SSSR count). The molecule has 0 aliphatic heterocycles. The molecular formula is C14H21ClO3S. The summed E-state index contributed by atoms with van der Waals surface area (Å²) in [4.78, 5) is 0. The zero-order chi connectivity index (χ0) is 14.1. The van der Waals surface area contributed by atoms with E-state index in [0.29, 0.717) is 0 Å². The van der Waals surface area contributed by atoms with Crippen LogP contribution >= 0.6 is 10.7 Å². The minimum Gasteiger partial charge on any atom is -0.371 e. The Morgan fingerprint density at radius 2 is 1.58 bits per heavy atom. The predicted molar refractivity (Wildman–Crippen MR) is 78.9 cm³/mol. The van der Waals surface area contributed by atoms with Crippen molar-refractivity contribution < 1.29 is 12.6 Å². The Balaban J connectivity index is 2.28. The molecular weight excluding hydrogens is 284 g/mol. The first-order chi connectivity index (χ1) is 9.01. The maximum atomic E-state index is 10.7. The number of rotatable bonds is 9. The number of hydrogen-bond donors (Lipinski definition) is 0. The highest BCUT2D eigenvalue weighted by Gasteiger charge is 2.06. The van der Waals surface area contributed by atoms with Crippen molar-refractivity contribution >= 4 is 20.0 Å². The lowest BCUT2D eigenvalue weighted by atomic mass is 10.1. The lowest BCUT2D eigenvalue weighted by Crippen LogP contribution is -1.99. The van der Waals surface area contributed by atoms with Gasteiger partial charge in [-0.3, -0.25) is 0 Å². The molecule has 1 aromatic rings. The Hall–Kier alpha value is -0.740. The molecule has 5 heteroatoms. The van der Waals surface area contributed by atoms with E-state index in [-0.39, 0.29) is 5.75 Å². The summed E-state index contributed by atoms with van der Waals surface area (Å²) in [6.07, 6.45) is 8.62. The molecule has 0 heterocycles. The Bertz CT molecular complexity index is 454. The summed E-state index contributed by atoms with van der Waals surface area (Å²) in [6, 6.07) is 7.02. The maximum absolute atomic E-state index is 10.7. The SMILES string of the molecule is CCCCCCCCc1ccc(OS(=O)(=O)Cl)cc1. The molecule has 0 saturated carbocycles. The molecule has 0 aliphatic carbocycles. The lowest BCUT2D eigenvalue weighted by molar-refractivity contribution is 0.503. The van der Waals surface area contributed by atoms with Gasteiger partial charge in [-0.15, -0.1) is 0 Å². The molecule has 0 amide bonds. The third-order valence-corrected chi connectivity index (χ3v) is 3.52. The van der Waals surface area contributed by atoms with E-state index >= 15 is 0 Å². The highest BCUT2D eigenvalue weighted by atomic mass is 35.7. The Kier molecular flexibility index (Phi) is 7.24. The van der Waals surface area contributed by atoms with Gasteiger partial charge in [0.25, 0.3) is 0 Å². The second-order valence-electron chi connectivity index (χ2n) is 4.64. The number of halogens is 1. The molecule has 0 spiro atoms. The van der Waals surface area contributed by atoms with E-state index in [4.69, 9.17) is 10.7 Å². The summed E-state index contributed by atoms with van der Waals surface area (Å²) in [6.45, 7) is 2.21. The highest BCUT2D eigenvalue weighted by molar-refractivity contribution is 8.10. The van der Waals surface area contributed by atoms with Crippen molar-refractivity contribution in [2.75, 3.05) is 0 Å². The van der Waals surface area contributed by atoms with Crippen LogP contribution in [0.1, 0.15) is 51.0 Å². The van der Waals surface area contributed by atoms with Gasteiger partial charge in [0.05, 0.1) is 10.7 Å². The van der Waals surface area contributed by atoms with Crippen LogP contribution in [0.2, 0.25) is 0 Å². The molecule has 0 radical (unpaired) electrons. The van der Waals surface area contributed by atoms with Crippen molar-refractivity contribution in [2.24, 2.45) is 0 Å². The lowest BCUT2D eigenvalue weighted by Gasteiger charge is -2.04. The van der Waals surface area contributed by atoms with E-state index in [1.54, 1.807) is 12.1 Å². The topological polar surface area (TPSA) is 43.4 Å². The van der Waals surface area contributed by atoms with Crippen LogP contribution in [-0.2, 0) is 15.8 Å². The van der Waals surface area contributed by atoms with Gasteiger partial charge in [0.1, 0.15) is 5.75 Å². The minimum atomic E-state index is -3.95. The average Bonchev–Trinajstić information content (AvgIpc) is 2.34. The van der Waals surface area contributed by atoms with Crippen molar-refractivity contribution in [3.05, 3.63) is 29.8 Å². The molecule has 1 aromatic carbocycles. The van der Waals surface area contributed by atoms with Crippen LogP contribution in [-0.4, -0.2) is 8.42 Å². The number of aryl methyl sites for hydroxylation is 1. The van der Waals surface area contributed by atoms with E-state index in [0.717, 1.165) is 12.8 Å². The standard InChI is InChI=1S/C14H21ClO3S/c1-2-3-4-5-6-7-8-13-9-11-14(12-10-13)18-19(15,16)17/h9-12H,2-8H2,1H3. The van der Waals surface area contributed by atoms with E-state index in [2.05, 4.69) is 11.1 Å². The normalized spacial score (nSPS) is 11.5. The summed E-state index contributed by atoms with van der Waals surface area (Å²) in [7, 11) is 1.05. The van der Waals surface area contributed by atoms with Crippen LogP contribution in [0.25, 0.3) is 0 Å². The van der Waals surface area contributed by atoms with Crippen molar-refractivity contribution in [2.45, 2.75) is 51.9 Å². The fourth-order valence-electron chi connectivity index (χ4n) is 1.94. The van der Waals surface area contributed by atoms with Gasteiger partial charge in [-0.1, -0.05) is 51.2 Å². The molecule has 19 heavy (non-hydrogen) atoms. The molecule has 0 bridgehead atoms. The second-order valence-corrected chi connectivity index (χ2v) is 6.72. The van der Waals surface area contributed by atoms with Crippen LogP contribution in [0.4, 0.5) is 0 Å². The van der Waals surface area contributed by atoms with Crippen molar-refractivity contribution in [3.8, 4) is 5.75 Å². The van der Waals surface area contributed by atoms with Crippen LogP contribution < -0.4 is 4.18 Å². The van der Waals surface area contributed by atoms with Crippen molar-refractivity contribution in [1.29, 1.82) is 0 Å². The molecule has 3 nitrogen and oxygen atoms in total. The molecule has 108 valence electrons. The summed E-state index contributed by atoms with van der Waals surface area (Å²) in [5.41, 5.74) is 1.19. The second kappa shape index (κ2) is 8.43. The van der Waals surface area contributed by atoms with E-state index in [1.165, 1.54) is 37.7 Å². The zero-order valence-electron chi connectivity index (χ0n) is 11.3. The third-order valence-electron chi connectivity index (χ3n) is 2.94. The fourth-order valence-corrected chi connectivity index (χ4v) is 2.50. The third kappa shape index (κ3) is 8.11. The first kappa shape index (κ1) is 16.3. The first-order valence-electron chi connectivity index (χ1n) is 6.74. The summed E-state index contributed by atoms with van der Waals surface area (Å²) in [5, 5.41) is 0. The number of unbranched alkanes of at least 4 members (excludes halogenated alkanes) is 5. The van der Waals surface area contributed by atoms with Gasteiger partial charge < -0.3 is 4.18 Å². The van der Waals surface area contributed by atoms with Crippen LogP contribution in [0.5, 0.6) is 5.75 Å². The van der Waals surface area contributed by atoms with Gasteiger partial charge in [-0.25, -0.2) is 0 Å². The van der Waals surface area contributed by atoms with E-state index in [9.17, 15) is 8.42 Å². The Morgan fingerprint density at radius 3 is 2.16 bits per heavy atom. The van der Waals surface area contributed by atoms with E-state index < -0.39 is 9.33 Å². The van der Waals surface area contributed by atoms with Crippen LogP contribution in [0.3, 0.4) is 0 Å². The molecule has 0 unspecified atom stereocenters. The Labute approximate surface area is 120 Å². The highest BCUT2D eigenvalue weighted by Crippen LogP contribution is 2.17. The van der Waals surface area contributed by atoms with Crippen LogP contribution in [0, 0.1) is 0 Å². The number of hydrogen-bond acceptors (Lipinski definition) is 3. The van der Waals surface area contributed by atoms with Gasteiger partial charge in [0.15, 0.2) is 0 Å². The predicted octanol–water partition coefficient (Wildman–Crippen LogP) is 4.45. The van der Waals surface area contributed by atoms with Crippen molar-refractivity contribution in [3.63, 3.8) is 0 Å². The molecule has 0 saturated heterocycles. The molecule has 0 atom stereocenters. The number of benzene rings is 1. The first-order valence-corrected chi connectivity index (χ1v) is 8.97. The summed E-state index contributed by atoms with van der Waals surface area (Å²) < 4.78 is 26.0. The molecule has 0 aliphatic rings. The molecule has 0 N–H and O–H groups in total. The smallest absolute Gasteiger partial charge is 0.371 e.